The largest absolute Gasteiger partial charge is 0.306 e. The fourth-order valence-corrected chi connectivity index (χ4v) is 2.02. The van der Waals surface area contributed by atoms with E-state index >= 15 is 0 Å². The minimum Gasteiger partial charge on any atom is -0.306 e. The van der Waals surface area contributed by atoms with Gasteiger partial charge in [-0.15, -0.1) is 5.10 Å². The molecule has 5 nitrogen and oxygen atoms in total. The highest BCUT2D eigenvalue weighted by molar-refractivity contribution is 6.30. The van der Waals surface area contributed by atoms with Crippen LogP contribution < -0.4 is 5.56 Å². The highest BCUT2D eigenvalue weighted by atomic mass is 35.5. The summed E-state index contributed by atoms with van der Waals surface area (Å²) < 4.78 is 16.0. The van der Waals surface area contributed by atoms with Gasteiger partial charge in [0.05, 0.1) is 18.4 Å². The number of aromatic nitrogens is 4. The van der Waals surface area contributed by atoms with Gasteiger partial charge in [0.15, 0.2) is 0 Å². The molecule has 2 heterocycles. The lowest BCUT2D eigenvalue weighted by atomic mass is 10.3. The van der Waals surface area contributed by atoms with E-state index in [1.54, 1.807) is 35.1 Å². The molecule has 0 aliphatic carbocycles. The van der Waals surface area contributed by atoms with Gasteiger partial charge in [-0.2, -0.15) is 0 Å². The average Bonchev–Trinajstić information content (AvgIpc) is 2.92. The first-order chi connectivity index (χ1) is 10.1. The van der Waals surface area contributed by atoms with Gasteiger partial charge in [-0.05, 0) is 30.3 Å². The summed E-state index contributed by atoms with van der Waals surface area (Å²) in [4.78, 5) is 11.6. The van der Waals surface area contributed by atoms with E-state index < -0.39 is 5.82 Å². The highest BCUT2D eigenvalue weighted by Gasteiger charge is 2.05. The molecule has 0 atom stereocenters. The molecule has 0 unspecified atom stereocenters. The van der Waals surface area contributed by atoms with Crippen molar-refractivity contribution in [3.05, 3.63) is 75.7 Å². The van der Waals surface area contributed by atoms with Crippen molar-refractivity contribution in [2.24, 2.45) is 0 Å². The van der Waals surface area contributed by atoms with E-state index in [1.165, 1.54) is 10.6 Å². The molecule has 0 fully saturated rings. The maximum Gasteiger partial charge on any atom is 0.251 e. The zero-order valence-electron chi connectivity index (χ0n) is 10.8. The Balaban J connectivity index is 1.87. The zero-order chi connectivity index (χ0) is 14.8. The van der Waals surface area contributed by atoms with Crippen molar-refractivity contribution in [1.29, 1.82) is 0 Å². The van der Waals surface area contributed by atoms with Gasteiger partial charge in [0.1, 0.15) is 11.5 Å². The predicted molar refractivity (Wildman–Crippen MR) is 76.1 cm³/mol. The van der Waals surface area contributed by atoms with Crippen molar-refractivity contribution in [1.82, 2.24) is 19.6 Å². The Bertz CT molecular complexity index is 825. The molecule has 21 heavy (non-hydrogen) atoms. The quantitative estimate of drug-likeness (QED) is 0.746. The summed E-state index contributed by atoms with van der Waals surface area (Å²) in [5.74, 6) is -0.473. The van der Waals surface area contributed by atoms with E-state index in [2.05, 4.69) is 10.3 Å². The van der Waals surface area contributed by atoms with Crippen LogP contribution in [0, 0.1) is 5.82 Å². The number of halogens is 2. The summed E-state index contributed by atoms with van der Waals surface area (Å²) in [6.07, 6.45) is 2.82. The Labute approximate surface area is 124 Å². The Hall–Kier alpha value is -2.47. The molecule has 3 aromatic rings. The second-order valence-electron chi connectivity index (χ2n) is 4.44. The molecule has 0 aliphatic rings. The molecule has 1 aromatic carbocycles. The smallest absolute Gasteiger partial charge is 0.251 e. The first-order valence-electron chi connectivity index (χ1n) is 6.15. The summed E-state index contributed by atoms with van der Waals surface area (Å²) in [5.41, 5.74) is 1.06. The summed E-state index contributed by atoms with van der Waals surface area (Å²) in [6.45, 7) is 0.157. The van der Waals surface area contributed by atoms with Crippen LogP contribution in [-0.2, 0) is 6.54 Å². The molecule has 3 rings (SSSR count). The van der Waals surface area contributed by atoms with Gasteiger partial charge < -0.3 is 4.57 Å². The minimum absolute atomic E-state index is 0.157. The molecule has 2 aromatic heterocycles. The van der Waals surface area contributed by atoms with Crippen molar-refractivity contribution in [2.75, 3.05) is 0 Å². The van der Waals surface area contributed by atoms with Gasteiger partial charge in [0.2, 0.25) is 0 Å². The number of hydrogen-bond acceptors (Lipinski definition) is 3. The second kappa shape index (κ2) is 5.49. The Kier molecular flexibility index (Phi) is 3.53. The molecular formula is C14H10ClFN4O. The Morgan fingerprint density at radius 1 is 1.10 bits per heavy atom. The van der Waals surface area contributed by atoms with Crippen LogP contribution in [-0.4, -0.2) is 19.6 Å². The molecule has 7 heteroatoms. The standard InChI is InChI=1S/C14H10ClFN4O/c15-10-1-4-13(5-2-10)20-9-12(17-18-20)8-19-7-11(16)3-6-14(19)21/h1-7,9H,8H2. The molecule has 0 saturated heterocycles. The molecule has 106 valence electrons. The van der Waals surface area contributed by atoms with E-state index in [4.69, 9.17) is 11.6 Å². The summed E-state index contributed by atoms with van der Waals surface area (Å²) in [7, 11) is 0. The van der Waals surface area contributed by atoms with E-state index in [1.807, 2.05) is 0 Å². The monoisotopic (exact) mass is 304 g/mol. The fourth-order valence-electron chi connectivity index (χ4n) is 1.89. The molecule has 0 amide bonds. The van der Waals surface area contributed by atoms with E-state index in [-0.39, 0.29) is 12.1 Å². The van der Waals surface area contributed by atoms with Crippen molar-refractivity contribution >= 4 is 11.6 Å². The van der Waals surface area contributed by atoms with E-state index in [0.717, 1.165) is 18.0 Å². The molecule has 0 N–H and O–H groups in total. The van der Waals surface area contributed by atoms with Gasteiger partial charge in [0, 0.05) is 17.3 Å². The second-order valence-corrected chi connectivity index (χ2v) is 4.88. The number of rotatable bonds is 3. The molecular weight excluding hydrogens is 295 g/mol. The van der Waals surface area contributed by atoms with Crippen LogP contribution in [0.4, 0.5) is 4.39 Å². The zero-order valence-corrected chi connectivity index (χ0v) is 11.5. The fraction of sp³-hybridized carbons (Fsp3) is 0.0714. The number of pyridine rings is 1. The molecule has 0 spiro atoms. The van der Waals surface area contributed by atoms with Gasteiger partial charge in [0.25, 0.3) is 5.56 Å². The minimum atomic E-state index is -0.473. The Morgan fingerprint density at radius 2 is 1.86 bits per heavy atom. The Morgan fingerprint density at radius 3 is 2.62 bits per heavy atom. The highest BCUT2D eigenvalue weighted by Crippen LogP contribution is 2.12. The van der Waals surface area contributed by atoms with E-state index in [0.29, 0.717) is 10.7 Å². The third-order valence-electron chi connectivity index (χ3n) is 2.91. The van der Waals surface area contributed by atoms with Gasteiger partial charge >= 0.3 is 0 Å². The SMILES string of the molecule is O=c1ccc(F)cn1Cc1cn(-c2ccc(Cl)cc2)nn1. The molecule has 0 bridgehead atoms. The van der Waals surface area contributed by atoms with Crippen molar-refractivity contribution in [3.63, 3.8) is 0 Å². The lowest BCUT2D eigenvalue weighted by molar-refractivity contribution is 0.593. The van der Waals surface area contributed by atoms with Gasteiger partial charge in [-0.1, -0.05) is 16.8 Å². The van der Waals surface area contributed by atoms with Gasteiger partial charge in [-0.3, -0.25) is 4.79 Å². The molecule has 0 radical (unpaired) electrons. The predicted octanol–water partition coefficient (Wildman–Crippen LogP) is 2.27. The third kappa shape index (κ3) is 3.00. The van der Waals surface area contributed by atoms with Crippen LogP contribution in [0.25, 0.3) is 5.69 Å². The van der Waals surface area contributed by atoms with Crippen LogP contribution in [0.15, 0.2) is 53.6 Å². The van der Waals surface area contributed by atoms with Crippen molar-refractivity contribution in [3.8, 4) is 5.69 Å². The lowest BCUT2D eigenvalue weighted by Crippen LogP contribution is -2.19. The average molecular weight is 305 g/mol. The maximum atomic E-state index is 13.1. The normalized spacial score (nSPS) is 10.8. The lowest BCUT2D eigenvalue weighted by Gasteiger charge is -2.02. The topological polar surface area (TPSA) is 52.7 Å². The third-order valence-corrected chi connectivity index (χ3v) is 3.16. The molecule has 0 saturated carbocycles. The first kappa shape index (κ1) is 13.5. The summed E-state index contributed by atoms with van der Waals surface area (Å²) in [6, 6.07) is 9.40. The number of hydrogen-bond donors (Lipinski definition) is 0. The van der Waals surface area contributed by atoms with Crippen molar-refractivity contribution in [2.45, 2.75) is 6.54 Å². The molecule has 0 aliphatic heterocycles. The maximum absolute atomic E-state index is 13.1. The van der Waals surface area contributed by atoms with E-state index in [9.17, 15) is 9.18 Å². The van der Waals surface area contributed by atoms with Crippen LogP contribution in [0.3, 0.4) is 0 Å². The summed E-state index contributed by atoms with van der Waals surface area (Å²) >= 11 is 5.83. The number of benzene rings is 1. The first-order valence-corrected chi connectivity index (χ1v) is 6.53. The van der Waals surface area contributed by atoms with Crippen LogP contribution >= 0.6 is 11.6 Å². The van der Waals surface area contributed by atoms with Crippen LogP contribution in [0.2, 0.25) is 5.02 Å². The van der Waals surface area contributed by atoms with Crippen LogP contribution in [0.1, 0.15) is 5.69 Å². The van der Waals surface area contributed by atoms with Crippen LogP contribution in [0.5, 0.6) is 0 Å². The van der Waals surface area contributed by atoms with Gasteiger partial charge in [-0.25, -0.2) is 9.07 Å². The summed E-state index contributed by atoms with van der Waals surface area (Å²) in [5, 5.41) is 8.59. The number of nitrogens with zero attached hydrogens (tertiary/aromatic N) is 4. The van der Waals surface area contributed by atoms with Crippen molar-refractivity contribution < 1.29 is 4.39 Å².